The molecule has 0 atom stereocenters. The first-order chi connectivity index (χ1) is 6.63. The van der Waals surface area contributed by atoms with Gasteiger partial charge < -0.3 is 5.10 Å². The second kappa shape index (κ2) is 4.72. The zero-order valence-corrected chi connectivity index (χ0v) is 8.86. The van der Waals surface area contributed by atoms with Gasteiger partial charge in [0.1, 0.15) is 0 Å². The molecular weight excluding hydrogens is 198 g/mol. The Morgan fingerprint density at radius 3 is 2.79 bits per heavy atom. The number of allylic oxidation sites excluding steroid dienone is 2. The number of nitrogens with zero attached hydrogens (tertiary/aromatic N) is 1. The molecule has 0 unspecified atom stereocenters. The highest BCUT2D eigenvalue weighted by atomic mass is 32.2. The number of hydrogen-bond donors (Lipinski definition) is 2. The summed E-state index contributed by atoms with van der Waals surface area (Å²) in [7, 11) is 0. The van der Waals surface area contributed by atoms with Gasteiger partial charge in [-0.15, -0.1) is 11.8 Å². The molecule has 5 heteroatoms. The van der Waals surface area contributed by atoms with Gasteiger partial charge in [-0.1, -0.05) is 0 Å². The molecule has 0 spiro atoms. The quantitative estimate of drug-likeness (QED) is 0.745. The van der Waals surface area contributed by atoms with Gasteiger partial charge in [0.2, 0.25) is 0 Å². The van der Waals surface area contributed by atoms with Crippen LogP contribution in [0.25, 0.3) is 0 Å². The highest BCUT2D eigenvalue weighted by molar-refractivity contribution is 8.02. The van der Waals surface area contributed by atoms with Gasteiger partial charge in [0.25, 0.3) is 5.56 Å². The van der Waals surface area contributed by atoms with E-state index in [1.165, 1.54) is 6.07 Å². The zero-order chi connectivity index (χ0) is 10.6. The molecule has 0 saturated carbocycles. The van der Waals surface area contributed by atoms with Gasteiger partial charge in [0, 0.05) is 23.1 Å². The molecular formula is C9H11N3OS. The Labute approximate surface area is 86.0 Å². The van der Waals surface area contributed by atoms with Crippen molar-refractivity contribution in [2.75, 3.05) is 0 Å². The maximum Gasteiger partial charge on any atom is 0.264 e. The summed E-state index contributed by atoms with van der Waals surface area (Å²) in [5.41, 5.74) is 1.43. The number of H-pyrrole nitrogens is 2. The minimum atomic E-state index is -0.126. The topological polar surface area (TPSA) is 72.4 Å². The van der Waals surface area contributed by atoms with Crippen molar-refractivity contribution >= 4 is 11.8 Å². The molecule has 14 heavy (non-hydrogen) atoms. The van der Waals surface area contributed by atoms with Crippen LogP contribution in [-0.2, 0) is 5.75 Å². The van der Waals surface area contributed by atoms with E-state index in [1.54, 1.807) is 18.7 Å². The third-order valence-corrected chi connectivity index (χ3v) is 2.99. The van der Waals surface area contributed by atoms with Crippen molar-refractivity contribution in [2.24, 2.45) is 0 Å². The van der Waals surface area contributed by atoms with Crippen LogP contribution in [-0.4, -0.2) is 10.2 Å². The third-order valence-electron chi connectivity index (χ3n) is 1.79. The Bertz CT molecular complexity index is 435. The Morgan fingerprint density at radius 1 is 1.57 bits per heavy atom. The van der Waals surface area contributed by atoms with Crippen LogP contribution in [0, 0.1) is 11.3 Å². The maximum absolute atomic E-state index is 10.8. The summed E-state index contributed by atoms with van der Waals surface area (Å²) in [5, 5.41) is 13.8. The van der Waals surface area contributed by atoms with Crippen LogP contribution in [0.2, 0.25) is 0 Å². The van der Waals surface area contributed by atoms with Crippen molar-refractivity contribution in [3.8, 4) is 6.07 Å². The Balaban J connectivity index is 2.58. The molecule has 0 aliphatic carbocycles. The molecule has 4 nitrogen and oxygen atoms in total. The SMILES string of the molecule is C/C(C#N)=C(\C)SCc1cc(=O)[nH][nH]1. The van der Waals surface area contributed by atoms with E-state index in [4.69, 9.17) is 5.26 Å². The molecule has 0 aliphatic heterocycles. The summed E-state index contributed by atoms with van der Waals surface area (Å²) in [4.78, 5) is 11.7. The van der Waals surface area contributed by atoms with Gasteiger partial charge in [-0.3, -0.25) is 9.89 Å². The Hall–Kier alpha value is -1.41. The van der Waals surface area contributed by atoms with Crippen molar-refractivity contribution in [3.63, 3.8) is 0 Å². The summed E-state index contributed by atoms with van der Waals surface area (Å²) in [5.74, 6) is 0.670. The van der Waals surface area contributed by atoms with Crippen LogP contribution in [0.1, 0.15) is 19.5 Å². The van der Waals surface area contributed by atoms with Crippen molar-refractivity contribution in [1.82, 2.24) is 10.2 Å². The predicted molar refractivity (Wildman–Crippen MR) is 56.7 cm³/mol. The van der Waals surface area contributed by atoms with E-state index in [0.29, 0.717) is 11.3 Å². The lowest BCUT2D eigenvalue weighted by molar-refractivity contribution is 1.02. The largest absolute Gasteiger partial charge is 0.301 e. The Kier molecular flexibility index (Phi) is 3.60. The van der Waals surface area contributed by atoms with Crippen molar-refractivity contribution < 1.29 is 0 Å². The van der Waals surface area contributed by atoms with Crippen LogP contribution < -0.4 is 5.56 Å². The molecule has 0 bridgehead atoms. The molecule has 0 fully saturated rings. The van der Waals surface area contributed by atoms with E-state index in [2.05, 4.69) is 16.3 Å². The fraction of sp³-hybridized carbons (Fsp3) is 0.333. The first-order valence-electron chi connectivity index (χ1n) is 4.10. The third kappa shape index (κ3) is 2.82. The summed E-state index contributed by atoms with van der Waals surface area (Å²) >= 11 is 1.54. The first kappa shape index (κ1) is 10.7. The van der Waals surface area contributed by atoms with Crippen LogP contribution in [0.3, 0.4) is 0 Å². The van der Waals surface area contributed by atoms with Gasteiger partial charge >= 0.3 is 0 Å². The lowest BCUT2D eigenvalue weighted by Gasteiger charge is -1.99. The Morgan fingerprint density at radius 2 is 2.29 bits per heavy atom. The normalized spacial score (nSPS) is 12.1. The highest BCUT2D eigenvalue weighted by Crippen LogP contribution is 2.21. The molecule has 1 aromatic heterocycles. The van der Waals surface area contributed by atoms with Crippen molar-refractivity contribution in [2.45, 2.75) is 19.6 Å². The molecule has 1 rings (SSSR count). The van der Waals surface area contributed by atoms with Crippen molar-refractivity contribution in [1.29, 1.82) is 5.26 Å². The number of aromatic nitrogens is 2. The van der Waals surface area contributed by atoms with E-state index < -0.39 is 0 Å². The lowest BCUT2D eigenvalue weighted by Crippen LogP contribution is -1.93. The monoisotopic (exact) mass is 209 g/mol. The first-order valence-corrected chi connectivity index (χ1v) is 5.09. The second-order valence-electron chi connectivity index (χ2n) is 2.87. The van der Waals surface area contributed by atoms with Crippen LogP contribution in [0.4, 0.5) is 0 Å². The number of nitrogens with one attached hydrogen (secondary N) is 2. The van der Waals surface area contributed by atoms with Crippen molar-refractivity contribution in [3.05, 3.63) is 32.6 Å². The fourth-order valence-electron chi connectivity index (χ4n) is 0.823. The van der Waals surface area contributed by atoms with Gasteiger partial charge in [-0.2, -0.15) is 5.26 Å². The van der Waals surface area contributed by atoms with Gasteiger partial charge in [-0.05, 0) is 18.8 Å². The predicted octanol–water partition coefficient (Wildman–Crippen LogP) is 1.75. The van der Waals surface area contributed by atoms with E-state index in [1.807, 2.05) is 6.92 Å². The number of nitriles is 1. The van der Waals surface area contributed by atoms with E-state index in [0.717, 1.165) is 10.6 Å². The van der Waals surface area contributed by atoms with Crippen LogP contribution >= 0.6 is 11.8 Å². The lowest BCUT2D eigenvalue weighted by atomic mass is 10.3. The molecule has 0 radical (unpaired) electrons. The van der Waals surface area contributed by atoms with Gasteiger partial charge in [-0.25, -0.2) is 0 Å². The number of aromatic amines is 2. The molecule has 0 amide bonds. The number of rotatable bonds is 3. The zero-order valence-electron chi connectivity index (χ0n) is 8.05. The van der Waals surface area contributed by atoms with Crippen LogP contribution in [0.15, 0.2) is 21.3 Å². The standard InChI is InChI=1S/C9H11N3OS/c1-6(4-10)7(2)14-5-8-3-9(13)12-11-8/h3H,5H2,1-2H3,(H2,11,12,13)/b7-6-. The van der Waals surface area contributed by atoms with E-state index >= 15 is 0 Å². The van der Waals surface area contributed by atoms with E-state index in [-0.39, 0.29) is 5.56 Å². The second-order valence-corrected chi connectivity index (χ2v) is 4.06. The molecule has 1 heterocycles. The minimum Gasteiger partial charge on any atom is -0.301 e. The highest BCUT2D eigenvalue weighted by Gasteiger charge is 2.00. The summed E-state index contributed by atoms with van der Waals surface area (Å²) in [6, 6.07) is 3.60. The van der Waals surface area contributed by atoms with E-state index in [9.17, 15) is 4.79 Å². The minimum absolute atomic E-state index is 0.126. The average molecular weight is 209 g/mol. The fourth-order valence-corrected chi connectivity index (χ4v) is 1.61. The number of thioether (sulfide) groups is 1. The summed E-state index contributed by atoms with van der Waals surface area (Å²) < 4.78 is 0. The van der Waals surface area contributed by atoms with Gasteiger partial charge in [0.05, 0.1) is 6.07 Å². The molecule has 1 aromatic rings. The molecule has 0 aliphatic rings. The average Bonchev–Trinajstić information content (AvgIpc) is 2.59. The molecule has 0 aromatic carbocycles. The van der Waals surface area contributed by atoms with Gasteiger partial charge in [0.15, 0.2) is 0 Å². The van der Waals surface area contributed by atoms with Crippen LogP contribution in [0.5, 0.6) is 0 Å². The molecule has 0 saturated heterocycles. The number of hydrogen-bond acceptors (Lipinski definition) is 3. The summed E-state index contributed by atoms with van der Waals surface area (Å²) in [6.07, 6.45) is 0. The molecule has 74 valence electrons. The summed E-state index contributed by atoms with van der Waals surface area (Å²) in [6.45, 7) is 3.68. The maximum atomic E-state index is 10.8. The molecule has 2 N–H and O–H groups in total. The smallest absolute Gasteiger partial charge is 0.264 e.